The quantitative estimate of drug-likeness (QED) is 0.174. The smallest absolute Gasteiger partial charge is 0.417 e. The van der Waals surface area contributed by atoms with Crippen LogP contribution in [0.15, 0.2) is 90.0 Å². The average Bonchev–Trinajstić information content (AvgIpc) is 3.45. The van der Waals surface area contributed by atoms with Crippen molar-refractivity contribution < 1.29 is 35.8 Å². The van der Waals surface area contributed by atoms with Crippen molar-refractivity contribution in [3.63, 3.8) is 0 Å². The van der Waals surface area contributed by atoms with Crippen molar-refractivity contribution >= 4 is 15.7 Å². The molecule has 13 heteroatoms. The lowest BCUT2D eigenvalue weighted by molar-refractivity contribution is -0.137. The summed E-state index contributed by atoms with van der Waals surface area (Å²) in [6.45, 7) is 3.42. The van der Waals surface area contributed by atoms with Gasteiger partial charge in [0.1, 0.15) is 17.1 Å². The van der Waals surface area contributed by atoms with Crippen molar-refractivity contribution in [2.24, 2.45) is 0 Å². The van der Waals surface area contributed by atoms with E-state index in [-0.39, 0.29) is 30.5 Å². The van der Waals surface area contributed by atoms with E-state index in [0.29, 0.717) is 60.1 Å². The number of pyridine rings is 1. The molecule has 0 spiro atoms. The highest BCUT2D eigenvalue weighted by atomic mass is 32.2. The fourth-order valence-electron chi connectivity index (χ4n) is 5.94. The molecule has 1 N–H and O–H groups in total. The molecule has 0 saturated carbocycles. The Bertz CT molecular complexity index is 1980. The van der Waals surface area contributed by atoms with Crippen molar-refractivity contribution in [1.29, 1.82) is 0 Å². The molecule has 1 aliphatic heterocycles. The van der Waals surface area contributed by atoms with E-state index in [2.05, 4.69) is 10.3 Å². The van der Waals surface area contributed by atoms with E-state index in [1.165, 1.54) is 26.4 Å². The first-order valence-corrected chi connectivity index (χ1v) is 17.2. The molecule has 1 unspecified atom stereocenters. The number of fused-ring (bicyclic) bond motifs is 1. The number of ether oxygens (including phenoxy) is 3. The molecule has 2 aromatic heterocycles. The van der Waals surface area contributed by atoms with Crippen LogP contribution in [0.1, 0.15) is 27.9 Å². The third-order valence-corrected chi connectivity index (χ3v) is 10.3. The second-order valence-electron chi connectivity index (χ2n) is 11.9. The highest BCUT2D eigenvalue weighted by molar-refractivity contribution is 7.89. The van der Waals surface area contributed by atoms with Gasteiger partial charge in [-0.1, -0.05) is 30.3 Å². The zero-order valence-electron chi connectivity index (χ0n) is 27.3. The van der Waals surface area contributed by atoms with Crippen molar-refractivity contribution in [1.82, 2.24) is 19.0 Å². The molecule has 1 saturated heterocycles. The third kappa shape index (κ3) is 7.59. The first-order valence-electron chi connectivity index (χ1n) is 15.7. The lowest BCUT2D eigenvalue weighted by Crippen LogP contribution is -2.39. The van der Waals surface area contributed by atoms with Gasteiger partial charge < -0.3 is 23.9 Å². The molecule has 0 radical (unpaired) electrons. The number of rotatable bonds is 11. The van der Waals surface area contributed by atoms with E-state index in [0.717, 1.165) is 15.9 Å². The molecule has 0 amide bonds. The molecule has 258 valence electrons. The van der Waals surface area contributed by atoms with Crippen LogP contribution < -0.4 is 14.8 Å². The second kappa shape index (κ2) is 14.2. The number of benzene rings is 3. The van der Waals surface area contributed by atoms with Gasteiger partial charge in [0.25, 0.3) is 0 Å². The van der Waals surface area contributed by atoms with Crippen molar-refractivity contribution in [2.75, 3.05) is 33.9 Å². The van der Waals surface area contributed by atoms with Gasteiger partial charge in [-0.15, -0.1) is 0 Å². The van der Waals surface area contributed by atoms with E-state index in [1.807, 2.05) is 13.0 Å². The zero-order valence-corrected chi connectivity index (χ0v) is 28.1. The lowest BCUT2D eigenvalue weighted by atomic mass is 10.00. The number of imidazole rings is 1. The van der Waals surface area contributed by atoms with E-state index in [9.17, 15) is 21.6 Å². The van der Waals surface area contributed by atoms with Gasteiger partial charge >= 0.3 is 6.18 Å². The highest BCUT2D eigenvalue weighted by Gasteiger charge is 2.38. The summed E-state index contributed by atoms with van der Waals surface area (Å²) in [5.74, 6) is 1.18. The zero-order chi connectivity index (χ0) is 34.8. The van der Waals surface area contributed by atoms with Gasteiger partial charge in [-0.2, -0.15) is 17.5 Å². The van der Waals surface area contributed by atoms with Crippen LogP contribution in [0.2, 0.25) is 0 Å². The largest absolute Gasteiger partial charge is 0.497 e. The summed E-state index contributed by atoms with van der Waals surface area (Å²) in [5.41, 5.74) is 2.04. The summed E-state index contributed by atoms with van der Waals surface area (Å²) < 4.78 is 92.7. The molecule has 5 aromatic rings. The van der Waals surface area contributed by atoms with E-state index >= 15 is 0 Å². The number of nitrogens with one attached hydrogen (secondary N) is 1. The van der Waals surface area contributed by atoms with Gasteiger partial charge in [-0.25, -0.2) is 13.4 Å². The molecule has 9 nitrogen and oxygen atoms in total. The lowest BCUT2D eigenvalue weighted by Gasteiger charge is -2.25. The number of hydrogen-bond donors (Lipinski definition) is 1. The Labute approximate surface area is 283 Å². The van der Waals surface area contributed by atoms with Crippen molar-refractivity contribution in [3.05, 3.63) is 113 Å². The summed E-state index contributed by atoms with van der Waals surface area (Å²) in [5, 5.41) is 3.26. The van der Waals surface area contributed by atoms with Gasteiger partial charge in [0, 0.05) is 44.4 Å². The molecule has 0 aliphatic carbocycles. The Morgan fingerprint density at radius 2 is 1.57 bits per heavy atom. The number of aromatic nitrogens is 2. The first-order chi connectivity index (χ1) is 23.5. The molecule has 6 rings (SSSR count). The number of alkyl halides is 3. The first kappa shape index (κ1) is 34.4. The summed E-state index contributed by atoms with van der Waals surface area (Å²) in [7, 11) is -1.41. The SMILES string of the molecule is COc1ccc(CN(Cc2ccc(OC)cc2)S(=O)(=O)c2ccc(-c3nc4cc(C)ccn4c3CC3CNCCO3)c(C(F)(F)F)c2)cc1. The van der Waals surface area contributed by atoms with Crippen LogP contribution >= 0.6 is 0 Å². The number of nitrogens with zero attached hydrogens (tertiary/aromatic N) is 3. The molecule has 1 atom stereocenters. The predicted molar refractivity (Wildman–Crippen MR) is 179 cm³/mol. The molecule has 3 aromatic carbocycles. The van der Waals surface area contributed by atoms with Crippen LogP contribution in [0.25, 0.3) is 16.9 Å². The number of morpholine rings is 1. The highest BCUT2D eigenvalue weighted by Crippen LogP contribution is 2.40. The summed E-state index contributed by atoms with van der Waals surface area (Å²) in [6, 6.07) is 20.5. The van der Waals surface area contributed by atoms with Gasteiger partial charge in [-0.05, 0) is 72.1 Å². The van der Waals surface area contributed by atoms with Crippen LogP contribution in [0.5, 0.6) is 11.5 Å². The maximum atomic E-state index is 14.9. The number of hydrogen-bond acceptors (Lipinski definition) is 7. The van der Waals surface area contributed by atoms with Crippen molar-refractivity contribution in [3.8, 4) is 22.8 Å². The number of methoxy groups -OCH3 is 2. The Morgan fingerprint density at radius 3 is 2.12 bits per heavy atom. The fourth-order valence-corrected chi connectivity index (χ4v) is 7.39. The second-order valence-corrected chi connectivity index (χ2v) is 13.9. The van der Waals surface area contributed by atoms with Crippen LogP contribution in [0.4, 0.5) is 13.2 Å². The minimum atomic E-state index is -4.89. The third-order valence-electron chi connectivity index (χ3n) is 8.53. The predicted octanol–water partition coefficient (Wildman–Crippen LogP) is 6.27. The molecule has 0 bridgehead atoms. The minimum absolute atomic E-state index is 0.0905. The molecule has 3 heterocycles. The number of halogens is 3. The van der Waals surface area contributed by atoms with Crippen LogP contribution in [0.3, 0.4) is 0 Å². The van der Waals surface area contributed by atoms with Gasteiger partial charge in [0.05, 0.1) is 48.8 Å². The van der Waals surface area contributed by atoms with Gasteiger partial charge in [-0.3, -0.25) is 0 Å². The molecule has 1 fully saturated rings. The molecular weight excluding hydrogens is 657 g/mol. The van der Waals surface area contributed by atoms with Crippen molar-refractivity contribution in [2.45, 2.75) is 43.6 Å². The summed E-state index contributed by atoms with van der Waals surface area (Å²) in [4.78, 5) is 4.18. The maximum Gasteiger partial charge on any atom is 0.417 e. The Hall–Kier alpha value is -4.43. The van der Waals surface area contributed by atoms with E-state index in [1.54, 1.807) is 65.2 Å². The molecular formula is C36H37F3N4O5S. The summed E-state index contributed by atoms with van der Waals surface area (Å²) in [6.07, 6.45) is -3.06. The van der Waals surface area contributed by atoms with Gasteiger partial charge in [0.15, 0.2) is 0 Å². The van der Waals surface area contributed by atoms with E-state index in [4.69, 9.17) is 14.2 Å². The van der Waals surface area contributed by atoms with E-state index < -0.39 is 26.7 Å². The number of aryl methyl sites for hydroxylation is 1. The standard InChI is InChI=1S/C36H37F3N4O5S/c1-24-14-16-43-33(19-29-21-40-15-17-48-29)35(41-34(43)18-24)31-13-12-30(20-32(31)36(37,38)39)49(44,45)42(22-25-4-8-27(46-2)9-5-25)23-26-6-10-28(47-3)11-7-26/h4-14,16,18,20,29,40H,15,17,19,21-23H2,1-3H3. The monoisotopic (exact) mass is 694 g/mol. The minimum Gasteiger partial charge on any atom is -0.497 e. The maximum absolute atomic E-state index is 14.9. The Kier molecular flexibility index (Phi) is 9.98. The average molecular weight is 695 g/mol. The van der Waals surface area contributed by atoms with Gasteiger partial charge in [0.2, 0.25) is 10.0 Å². The van der Waals surface area contributed by atoms with Crippen LogP contribution in [0, 0.1) is 6.92 Å². The normalized spacial score (nSPS) is 15.5. The fraction of sp³-hybridized carbons (Fsp3) is 0.306. The van der Waals surface area contributed by atoms with Crippen LogP contribution in [-0.4, -0.2) is 62.1 Å². The topological polar surface area (TPSA) is 94.4 Å². The number of sulfonamides is 1. The summed E-state index contributed by atoms with van der Waals surface area (Å²) >= 11 is 0. The van der Waals surface area contributed by atoms with Crippen LogP contribution in [-0.2, 0) is 40.4 Å². The molecule has 1 aliphatic rings. The Balaban J connectivity index is 1.44. The molecule has 49 heavy (non-hydrogen) atoms. The Morgan fingerprint density at radius 1 is 0.939 bits per heavy atom.